The first-order valence-electron chi connectivity index (χ1n) is 7.57. The molecule has 130 valence electrons. The number of anilines is 2. The smallest absolute Gasteiger partial charge is 0.243 e. The number of carbonyl (C=O) groups excluding carboxylic acids is 1. The first-order chi connectivity index (χ1) is 11.6. The Balaban J connectivity index is 2.50. The minimum Gasteiger partial charge on any atom is -0.476 e. The van der Waals surface area contributed by atoms with Crippen molar-refractivity contribution in [3.8, 4) is 5.88 Å². The maximum atomic E-state index is 12.5. The monoisotopic (exact) mass is 352 g/mol. The molecule has 0 aliphatic rings. The Hall–Kier alpha value is -2.35. The normalized spacial score (nSPS) is 10.5. The van der Waals surface area contributed by atoms with E-state index < -0.39 is 0 Å². The Morgan fingerprint density at radius 1 is 1.38 bits per heavy atom. The molecule has 8 nitrogen and oxygen atoms in total. The Kier molecular flexibility index (Phi) is 6.36. The lowest BCUT2D eigenvalue weighted by Crippen LogP contribution is -2.36. The summed E-state index contributed by atoms with van der Waals surface area (Å²) in [5.41, 5.74) is 0.483. The molecule has 0 aliphatic heterocycles. The van der Waals surface area contributed by atoms with Crippen molar-refractivity contribution in [2.24, 2.45) is 0 Å². The van der Waals surface area contributed by atoms with Gasteiger partial charge in [0.2, 0.25) is 11.8 Å². The molecule has 0 aliphatic carbocycles. The molecule has 0 spiro atoms. The van der Waals surface area contributed by atoms with E-state index in [-0.39, 0.29) is 18.5 Å². The molecule has 2 aromatic rings. The second-order valence-electron chi connectivity index (χ2n) is 5.24. The summed E-state index contributed by atoms with van der Waals surface area (Å²) < 4.78 is 7.35. The molecule has 9 heteroatoms. The molecule has 0 unspecified atom stereocenters. The number of alkyl halides is 1. The van der Waals surface area contributed by atoms with E-state index in [1.807, 2.05) is 21.0 Å². The van der Waals surface area contributed by atoms with Crippen LogP contribution in [0.25, 0.3) is 0 Å². The summed E-state index contributed by atoms with van der Waals surface area (Å²) in [6, 6.07) is 1.78. The number of hydrogen-bond acceptors (Lipinski definition) is 6. The zero-order valence-corrected chi connectivity index (χ0v) is 14.8. The summed E-state index contributed by atoms with van der Waals surface area (Å²) in [5, 5.41) is 4.15. The summed E-state index contributed by atoms with van der Waals surface area (Å²) in [6.07, 6.45) is 5.65. The molecule has 0 saturated carbocycles. The van der Waals surface area contributed by atoms with Crippen molar-refractivity contribution < 1.29 is 9.53 Å². The highest BCUT2D eigenvalue weighted by molar-refractivity contribution is 6.29. The van der Waals surface area contributed by atoms with E-state index in [0.29, 0.717) is 24.0 Å². The van der Waals surface area contributed by atoms with Crippen molar-refractivity contribution in [2.45, 2.75) is 20.0 Å². The highest BCUT2D eigenvalue weighted by atomic mass is 35.5. The van der Waals surface area contributed by atoms with Gasteiger partial charge in [-0.15, -0.1) is 11.6 Å². The Bertz CT molecular complexity index is 662. The summed E-state index contributed by atoms with van der Waals surface area (Å²) in [6.45, 7) is 2.68. The van der Waals surface area contributed by atoms with E-state index in [2.05, 4.69) is 15.1 Å². The Morgan fingerprint density at radius 2 is 2.17 bits per heavy atom. The maximum Gasteiger partial charge on any atom is 0.243 e. The van der Waals surface area contributed by atoms with Crippen molar-refractivity contribution in [2.75, 3.05) is 36.4 Å². The molecular weight excluding hydrogens is 332 g/mol. The fourth-order valence-electron chi connectivity index (χ4n) is 2.10. The number of rotatable bonds is 8. The van der Waals surface area contributed by atoms with Gasteiger partial charge in [0.15, 0.2) is 11.5 Å². The van der Waals surface area contributed by atoms with Crippen molar-refractivity contribution in [3.05, 3.63) is 24.8 Å². The molecule has 24 heavy (non-hydrogen) atoms. The van der Waals surface area contributed by atoms with Gasteiger partial charge in [-0.25, -0.2) is 4.98 Å². The highest BCUT2D eigenvalue weighted by Gasteiger charge is 2.26. The van der Waals surface area contributed by atoms with Gasteiger partial charge in [-0.05, 0) is 12.5 Å². The number of halogens is 1. The molecule has 2 aromatic heterocycles. The molecule has 1 amide bonds. The first-order valence-corrected chi connectivity index (χ1v) is 8.10. The predicted octanol–water partition coefficient (Wildman–Crippen LogP) is 1.76. The van der Waals surface area contributed by atoms with Crippen molar-refractivity contribution >= 4 is 29.0 Å². The Morgan fingerprint density at radius 3 is 2.75 bits per heavy atom. The quantitative estimate of drug-likeness (QED) is 0.674. The average Bonchev–Trinajstić information content (AvgIpc) is 3.10. The number of amides is 1. The minimum absolute atomic E-state index is 0.170. The van der Waals surface area contributed by atoms with E-state index in [1.54, 1.807) is 28.0 Å². The largest absolute Gasteiger partial charge is 0.476 e. The van der Waals surface area contributed by atoms with Crippen molar-refractivity contribution in [3.63, 3.8) is 0 Å². The molecule has 0 N–H and O–H groups in total. The maximum absolute atomic E-state index is 12.5. The van der Waals surface area contributed by atoms with Gasteiger partial charge < -0.3 is 9.64 Å². The average molecular weight is 353 g/mol. The van der Waals surface area contributed by atoms with Gasteiger partial charge in [-0.2, -0.15) is 10.1 Å². The van der Waals surface area contributed by atoms with Crippen LogP contribution in [0.1, 0.15) is 13.3 Å². The number of carbonyl (C=O) groups is 1. The van der Waals surface area contributed by atoms with E-state index >= 15 is 0 Å². The SMILES string of the molecule is CCCOc1ncnc(N(C)C)c1N(Cn1cccn1)C(=O)CCl. The van der Waals surface area contributed by atoms with Gasteiger partial charge in [0.1, 0.15) is 18.9 Å². The zero-order chi connectivity index (χ0) is 17.5. The van der Waals surface area contributed by atoms with E-state index in [4.69, 9.17) is 16.3 Å². The fourth-order valence-corrected chi connectivity index (χ4v) is 2.24. The third-order valence-corrected chi connectivity index (χ3v) is 3.40. The lowest BCUT2D eigenvalue weighted by atomic mass is 10.3. The summed E-state index contributed by atoms with van der Waals surface area (Å²) in [5.74, 6) is 0.463. The number of nitrogens with zero attached hydrogens (tertiary/aromatic N) is 6. The van der Waals surface area contributed by atoms with E-state index in [0.717, 1.165) is 6.42 Å². The van der Waals surface area contributed by atoms with Crippen LogP contribution in [0, 0.1) is 0 Å². The van der Waals surface area contributed by atoms with Crippen LogP contribution in [0.4, 0.5) is 11.5 Å². The number of ether oxygens (including phenoxy) is 1. The van der Waals surface area contributed by atoms with Crippen molar-refractivity contribution in [1.82, 2.24) is 19.7 Å². The van der Waals surface area contributed by atoms with Crippen LogP contribution in [-0.2, 0) is 11.5 Å². The molecular formula is C15H21ClN6O2. The first kappa shape index (κ1) is 18.0. The third-order valence-electron chi connectivity index (χ3n) is 3.17. The van der Waals surface area contributed by atoms with Crippen molar-refractivity contribution in [1.29, 1.82) is 0 Å². The van der Waals surface area contributed by atoms with Gasteiger partial charge in [-0.1, -0.05) is 6.92 Å². The van der Waals surface area contributed by atoms with Crippen LogP contribution < -0.4 is 14.5 Å². The fraction of sp³-hybridized carbons (Fsp3) is 0.467. The molecule has 0 bridgehead atoms. The van der Waals surface area contributed by atoms with Crippen LogP contribution in [0.2, 0.25) is 0 Å². The van der Waals surface area contributed by atoms with Crippen LogP contribution >= 0.6 is 11.6 Å². The van der Waals surface area contributed by atoms with E-state index in [1.165, 1.54) is 11.2 Å². The zero-order valence-electron chi connectivity index (χ0n) is 14.0. The molecule has 0 atom stereocenters. The van der Waals surface area contributed by atoms with Gasteiger partial charge >= 0.3 is 0 Å². The minimum atomic E-state index is -0.286. The molecule has 0 saturated heterocycles. The van der Waals surface area contributed by atoms with Crippen LogP contribution in [0.3, 0.4) is 0 Å². The lowest BCUT2D eigenvalue weighted by Gasteiger charge is -2.27. The van der Waals surface area contributed by atoms with Gasteiger partial charge in [0, 0.05) is 26.5 Å². The van der Waals surface area contributed by atoms with Gasteiger partial charge in [0.25, 0.3) is 0 Å². The van der Waals surface area contributed by atoms with Gasteiger partial charge in [-0.3, -0.25) is 14.4 Å². The predicted molar refractivity (Wildman–Crippen MR) is 92.6 cm³/mol. The third kappa shape index (κ3) is 4.14. The van der Waals surface area contributed by atoms with E-state index in [9.17, 15) is 4.79 Å². The van der Waals surface area contributed by atoms with Crippen LogP contribution in [0.15, 0.2) is 24.8 Å². The summed E-state index contributed by atoms with van der Waals surface area (Å²) >= 11 is 5.81. The number of aromatic nitrogens is 4. The molecule has 0 radical (unpaired) electrons. The summed E-state index contributed by atoms with van der Waals surface area (Å²) in [7, 11) is 3.68. The molecule has 0 aromatic carbocycles. The topological polar surface area (TPSA) is 76.4 Å². The van der Waals surface area contributed by atoms with Crippen LogP contribution in [0.5, 0.6) is 5.88 Å². The second kappa shape index (κ2) is 8.49. The van der Waals surface area contributed by atoms with Gasteiger partial charge in [0.05, 0.1) is 6.61 Å². The second-order valence-corrected chi connectivity index (χ2v) is 5.50. The highest BCUT2D eigenvalue weighted by Crippen LogP contribution is 2.34. The Labute approximate surface area is 146 Å². The lowest BCUT2D eigenvalue weighted by molar-refractivity contribution is -0.116. The summed E-state index contributed by atoms with van der Waals surface area (Å²) in [4.78, 5) is 24.2. The molecule has 0 fully saturated rings. The number of hydrogen-bond donors (Lipinski definition) is 0. The standard InChI is InChI=1S/C15H21ClN6O2/c1-4-8-24-15-13(14(20(2)3)17-10-18-15)22(12(23)9-16)11-21-7-5-6-19-21/h5-7,10H,4,8-9,11H2,1-3H3. The van der Waals surface area contributed by atoms with Crippen LogP contribution in [-0.4, -0.2) is 52.2 Å². The molecule has 2 heterocycles. The molecule has 2 rings (SSSR count).